The number of unbranched alkanes of at least 4 members (excludes halogenated alkanes) is 1. The van der Waals surface area contributed by atoms with E-state index in [1.807, 2.05) is 0 Å². The van der Waals surface area contributed by atoms with Gasteiger partial charge in [0, 0.05) is 16.5 Å². The van der Waals surface area contributed by atoms with Crippen LogP contribution in [0.2, 0.25) is 0 Å². The molecule has 0 saturated carbocycles. The first-order chi connectivity index (χ1) is 7.79. The number of fused-ring (bicyclic) bond motifs is 1. The largest absolute Gasteiger partial charge is 0.0982 e. The molecule has 1 aliphatic rings. The highest BCUT2D eigenvalue weighted by molar-refractivity contribution is 9.10. The van der Waals surface area contributed by atoms with Gasteiger partial charge in [-0.15, -0.1) is 0 Å². The normalized spacial score (nSPS) is 13.5. The molecule has 0 bridgehead atoms. The van der Waals surface area contributed by atoms with Gasteiger partial charge in [-0.2, -0.15) is 0 Å². The van der Waals surface area contributed by atoms with Gasteiger partial charge < -0.3 is 0 Å². The van der Waals surface area contributed by atoms with Crippen LogP contribution in [0, 0.1) is 11.8 Å². The Kier molecular flexibility index (Phi) is 3.85. The van der Waals surface area contributed by atoms with E-state index in [4.69, 9.17) is 0 Å². The summed E-state index contributed by atoms with van der Waals surface area (Å²) in [6, 6.07) is 6.47. The van der Waals surface area contributed by atoms with E-state index < -0.39 is 0 Å². The Labute approximate surface area is 106 Å². The Bertz CT molecular complexity index is 472. The van der Waals surface area contributed by atoms with Crippen LogP contribution in [0.1, 0.15) is 37.3 Å². The van der Waals surface area contributed by atoms with Crippen molar-refractivity contribution in [2.24, 2.45) is 0 Å². The van der Waals surface area contributed by atoms with Crippen LogP contribution >= 0.6 is 15.9 Å². The van der Waals surface area contributed by atoms with Crippen LogP contribution in [0.5, 0.6) is 0 Å². The third-order valence-corrected chi connectivity index (χ3v) is 3.22. The Hall–Kier alpha value is -1.00. The second kappa shape index (κ2) is 5.37. The lowest BCUT2D eigenvalue weighted by Crippen LogP contribution is -1.98. The van der Waals surface area contributed by atoms with Crippen LogP contribution in [0.15, 0.2) is 28.2 Å². The molecular weight excluding hydrogens is 260 g/mol. The zero-order valence-electron chi connectivity index (χ0n) is 9.52. The lowest BCUT2D eigenvalue weighted by Gasteiger charge is -2.13. The van der Waals surface area contributed by atoms with Gasteiger partial charge in [0.2, 0.25) is 0 Å². The van der Waals surface area contributed by atoms with Gasteiger partial charge in [-0.05, 0) is 48.6 Å². The van der Waals surface area contributed by atoms with Crippen LogP contribution in [-0.4, -0.2) is 0 Å². The molecule has 0 amide bonds. The molecule has 82 valence electrons. The van der Waals surface area contributed by atoms with Crippen molar-refractivity contribution in [2.75, 3.05) is 0 Å². The monoisotopic (exact) mass is 274 g/mol. The first-order valence-corrected chi connectivity index (χ1v) is 6.57. The summed E-state index contributed by atoms with van der Waals surface area (Å²) in [6.45, 7) is 2.16. The molecule has 0 heterocycles. The van der Waals surface area contributed by atoms with Crippen molar-refractivity contribution in [3.05, 3.63) is 39.4 Å². The van der Waals surface area contributed by atoms with Crippen molar-refractivity contribution in [2.45, 2.75) is 32.6 Å². The Morgan fingerprint density at radius 1 is 1.31 bits per heavy atom. The highest BCUT2D eigenvalue weighted by Crippen LogP contribution is 2.26. The van der Waals surface area contributed by atoms with E-state index in [0.717, 1.165) is 25.7 Å². The summed E-state index contributed by atoms with van der Waals surface area (Å²) in [4.78, 5) is 0. The number of hydrogen-bond donors (Lipinski definition) is 0. The lowest BCUT2D eigenvalue weighted by molar-refractivity contribution is 0.951. The van der Waals surface area contributed by atoms with Crippen molar-refractivity contribution in [3.63, 3.8) is 0 Å². The molecule has 0 unspecified atom stereocenters. The molecule has 0 fully saturated rings. The van der Waals surface area contributed by atoms with Crippen LogP contribution in [0.4, 0.5) is 0 Å². The summed E-state index contributed by atoms with van der Waals surface area (Å²) in [6.07, 6.45) is 6.57. The lowest BCUT2D eigenvalue weighted by atomic mass is 9.92. The molecule has 0 aromatic heterocycles. The molecule has 1 aliphatic carbocycles. The molecule has 1 heteroatoms. The highest BCUT2D eigenvalue weighted by atomic mass is 79.9. The van der Waals surface area contributed by atoms with Crippen LogP contribution in [0.25, 0.3) is 6.08 Å². The SMILES string of the molecule is CCCC#CC1=Cc2ccc(Br)cc2CC1. The summed E-state index contributed by atoms with van der Waals surface area (Å²) in [5.41, 5.74) is 4.04. The minimum atomic E-state index is 1.00. The number of rotatable bonds is 1. The third-order valence-electron chi connectivity index (χ3n) is 2.72. The molecule has 1 aromatic carbocycles. The number of allylic oxidation sites excluding steroid dienone is 1. The van der Waals surface area contributed by atoms with Gasteiger partial charge in [-0.25, -0.2) is 0 Å². The zero-order chi connectivity index (χ0) is 11.4. The number of aryl methyl sites for hydroxylation is 1. The fraction of sp³-hybridized carbons (Fsp3) is 0.333. The van der Waals surface area contributed by atoms with Gasteiger partial charge in [0.1, 0.15) is 0 Å². The maximum absolute atomic E-state index is 3.51. The predicted molar refractivity (Wildman–Crippen MR) is 73.1 cm³/mol. The molecule has 0 aliphatic heterocycles. The summed E-state index contributed by atoms with van der Waals surface area (Å²) in [5.74, 6) is 6.50. The zero-order valence-corrected chi connectivity index (χ0v) is 11.1. The molecule has 0 saturated heterocycles. The fourth-order valence-electron chi connectivity index (χ4n) is 1.86. The molecule has 0 radical (unpaired) electrons. The smallest absolute Gasteiger partial charge is 0.0178 e. The molecule has 0 N–H and O–H groups in total. The van der Waals surface area contributed by atoms with Crippen molar-refractivity contribution >= 4 is 22.0 Å². The molecule has 16 heavy (non-hydrogen) atoms. The average Bonchev–Trinajstić information content (AvgIpc) is 2.29. The van der Waals surface area contributed by atoms with E-state index in [2.05, 4.69) is 59.0 Å². The molecule has 0 atom stereocenters. The van der Waals surface area contributed by atoms with Gasteiger partial charge in [-0.3, -0.25) is 0 Å². The Morgan fingerprint density at radius 2 is 2.19 bits per heavy atom. The highest BCUT2D eigenvalue weighted by Gasteiger charge is 2.08. The van der Waals surface area contributed by atoms with Crippen LogP contribution in [0.3, 0.4) is 0 Å². The van der Waals surface area contributed by atoms with Gasteiger partial charge in [0.05, 0.1) is 0 Å². The van der Waals surface area contributed by atoms with E-state index in [0.29, 0.717) is 0 Å². The first kappa shape index (κ1) is 11.5. The number of halogens is 1. The second-order valence-corrected chi connectivity index (χ2v) is 4.98. The number of hydrogen-bond acceptors (Lipinski definition) is 0. The van der Waals surface area contributed by atoms with Crippen molar-refractivity contribution < 1.29 is 0 Å². The molecule has 2 rings (SSSR count). The van der Waals surface area contributed by atoms with Crippen molar-refractivity contribution in [1.82, 2.24) is 0 Å². The van der Waals surface area contributed by atoms with Crippen molar-refractivity contribution in [1.29, 1.82) is 0 Å². The first-order valence-electron chi connectivity index (χ1n) is 5.77. The Morgan fingerprint density at radius 3 is 3.00 bits per heavy atom. The second-order valence-electron chi connectivity index (χ2n) is 4.06. The quantitative estimate of drug-likeness (QED) is 0.658. The van der Waals surface area contributed by atoms with E-state index >= 15 is 0 Å². The Balaban J connectivity index is 2.22. The minimum absolute atomic E-state index is 1.00. The van der Waals surface area contributed by atoms with Gasteiger partial charge in [-0.1, -0.05) is 40.8 Å². The van der Waals surface area contributed by atoms with E-state index in [1.165, 1.54) is 21.2 Å². The van der Waals surface area contributed by atoms with E-state index in [1.54, 1.807) is 0 Å². The molecule has 1 aromatic rings. The van der Waals surface area contributed by atoms with E-state index in [-0.39, 0.29) is 0 Å². The predicted octanol–water partition coefficient (Wildman–Crippen LogP) is 4.58. The van der Waals surface area contributed by atoms with Crippen LogP contribution in [-0.2, 0) is 6.42 Å². The van der Waals surface area contributed by atoms with Gasteiger partial charge >= 0.3 is 0 Å². The third kappa shape index (κ3) is 2.77. The summed E-state index contributed by atoms with van der Waals surface area (Å²) in [7, 11) is 0. The maximum atomic E-state index is 3.51. The van der Waals surface area contributed by atoms with Gasteiger partial charge in [0.25, 0.3) is 0 Å². The summed E-state index contributed by atoms with van der Waals surface area (Å²) < 4.78 is 1.17. The summed E-state index contributed by atoms with van der Waals surface area (Å²) >= 11 is 3.51. The molecule has 0 nitrogen and oxygen atoms in total. The van der Waals surface area contributed by atoms with Crippen molar-refractivity contribution in [3.8, 4) is 11.8 Å². The van der Waals surface area contributed by atoms with E-state index in [9.17, 15) is 0 Å². The maximum Gasteiger partial charge on any atom is 0.0178 e. The molecular formula is C15H15Br. The minimum Gasteiger partial charge on any atom is -0.0982 e. The number of benzene rings is 1. The molecule has 0 spiro atoms. The summed E-state index contributed by atoms with van der Waals surface area (Å²) in [5, 5.41) is 0. The fourth-order valence-corrected chi connectivity index (χ4v) is 2.27. The average molecular weight is 275 g/mol. The van der Waals surface area contributed by atoms with Crippen LogP contribution < -0.4 is 0 Å². The standard InChI is InChI=1S/C15H15Br/c1-2-3-4-5-12-6-7-14-11-15(16)9-8-13(14)10-12/h8-11H,2-3,6-7H2,1H3. The van der Waals surface area contributed by atoms with Gasteiger partial charge in [0.15, 0.2) is 0 Å². The topological polar surface area (TPSA) is 0 Å².